The molecule has 132 valence electrons. The zero-order valence-electron chi connectivity index (χ0n) is 14.7. The maximum absolute atomic E-state index is 11.6. The third kappa shape index (κ3) is 2.71. The van der Waals surface area contributed by atoms with E-state index in [-0.39, 0.29) is 6.01 Å². The zero-order valence-corrected chi connectivity index (χ0v) is 14.7. The predicted molar refractivity (Wildman–Crippen MR) is 96.1 cm³/mol. The minimum Gasteiger partial charge on any atom is -0.424 e. The van der Waals surface area contributed by atoms with Crippen LogP contribution < -0.4 is 10.5 Å². The first-order valence-corrected chi connectivity index (χ1v) is 8.55. The lowest BCUT2D eigenvalue weighted by Crippen LogP contribution is -2.15. The van der Waals surface area contributed by atoms with Crippen LogP contribution in [0.5, 0.6) is 11.8 Å². The standard InChI is InChI=1S/C19H19N5O2/c1-3-11-4-7-13(8-5-11)26-19-21-10-12-6-9-14-16(18(20)25)23-24(2)17(14)15(12)22-19/h4-5,7-8,10H,3,6,9H2,1-2H3,(H2,20,25). The van der Waals surface area contributed by atoms with Gasteiger partial charge in [-0.1, -0.05) is 19.1 Å². The number of carbonyl (C=O) groups excluding carboxylic acids is 1. The second kappa shape index (κ2) is 6.25. The van der Waals surface area contributed by atoms with Crippen LogP contribution in [-0.2, 0) is 26.3 Å². The average Bonchev–Trinajstić information content (AvgIpc) is 3.00. The monoisotopic (exact) mass is 349 g/mol. The molecule has 0 fully saturated rings. The molecule has 2 N–H and O–H groups in total. The smallest absolute Gasteiger partial charge is 0.322 e. The summed E-state index contributed by atoms with van der Waals surface area (Å²) in [7, 11) is 1.78. The Hall–Kier alpha value is -3.22. The Labute approximate surface area is 150 Å². The number of primary amides is 1. The van der Waals surface area contributed by atoms with Crippen molar-refractivity contribution >= 4 is 5.91 Å². The summed E-state index contributed by atoms with van der Waals surface area (Å²) in [6.07, 6.45) is 4.18. The molecule has 0 saturated heterocycles. The summed E-state index contributed by atoms with van der Waals surface area (Å²) in [5.41, 5.74) is 10.4. The van der Waals surface area contributed by atoms with E-state index in [9.17, 15) is 4.79 Å². The average molecular weight is 349 g/mol. The number of hydrogen-bond acceptors (Lipinski definition) is 5. The summed E-state index contributed by atoms with van der Waals surface area (Å²) in [6.45, 7) is 2.11. The molecule has 1 amide bonds. The van der Waals surface area contributed by atoms with Crippen molar-refractivity contribution in [3.05, 3.63) is 52.8 Å². The van der Waals surface area contributed by atoms with Crippen molar-refractivity contribution in [2.75, 3.05) is 0 Å². The highest BCUT2D eigenvalue weighted by atomic mass is 16.5. The number of ether oxygens (including phenoxy) is 1. The minimum absolute atomic E-state index is 0.266. The van der Waals surface area contributed by atoms with E-state index in [0.717, 1.165) is 35.4 Å². The Morgan fingerprint density at radius 3 is 2.73 bits per heavy atom. The van der Waals surface area contributed by atoms with Gasteiger partial charge in [-0.2, -0.15) is 10.1 Å². The van der Waals surface area contributed by atoms with Crippen LogP contribution in [0, 0.1) is 0 Å². The largest absolute Gasteiger partial charge is 0.424 e. The van der Waals surface area contributed by atoms with Crippen molar-refractivity contribution in [3.8, 4) is 23.1 Å². The molecule has 7 nitrogen and oxygen atoms in total. The minimum atomic E-state index is -0.521. The Kier molecular flexibility index (Phi) is 3.91. The second-order valence-corrected chi connectivity index (χ2v) is 6.29. The maximum Gasteiger partial charge on any atom is 0.322 e. The molecular weight excluding hydrogens is 330 g/mol. The van der Waals surface area contributed by atoms with Crippen LogP contribution in [-0.4, -0.2) is 25.7 Å². The van der Waals surface area contributed by atoms with Gasteiger partial charge in [0.15, 0.2) is 5.69 Å². The van der Waals surface area contributed by atoms with E-state index in [1.54, 1.807) is 17.9 Å². The van der Waals surface area contributed by atoms with Crippen molar-refractivity contribution in [2.45, 2.75) is 26.2 Å². The number of nitrogens with two attached hydrogens (primary N) is 1. The Bertz CT molecular complexity index is 992. The van der Waals surface area contributed by atoms with Gasteiger partial charge in [0.1, 0.15) is 5.75 Å². The normalized spacial score (nSPS) is 12.4. The molecule has 26 heavy (non-hydrogen) atoms. The fourth-order valence-electron chi connectivity index (χ4n) is 3.28. The molecular formula is C19H19N5O2. The topological polar surface area (TPSA) is 95.9 Å². The number of hydrogen-bond donors (Lipinski definition) is 1. The van der Waals surface area contributed by atoms with Gasteiger partial charge in [-0.05, 0) is 42.5 Å². The lowest BCUT2D eigenvalue weighted by Gasteiger charge is -2.17. The number of rotatable bonds is 4. The lowest BCUT2D eigenvalue weighted by molar-refractivity contribution is 0.0994. The fraction of sp³-hybridized carbons (Fsp3) is 0.263. The molecule has 0 aliphatic heterocycles. The quantitative estimate of drug-likeness (QED) is 0.780. The molecule has 1 aliphatic rings. The van der Waals surface area contributed by atoms with E-state index in [1.165, 1.54) is 5.56 Å². The van der Waals surface area contributed by atoms with Gasteiger partial charge in [0.25, 0.3) is 5.91 Å². The molecule has 2 heterocycles. The molecule has 0 bridgehead atoms. The first kappa shape index (κ1) is 16.3. The highest BCUT2D eigenvalue weighted by molar-refractivity contribution is 5.94. The summed E-state index contributed by atoms with van der Waals surface area (Å²) >= 11 is 0. The number of carbonyl (C=O) groups is 1. The van der Waals surface area contributed by atoms with Gasteiger partial charge in [-0.15, -0.1) is 0 Å². The Morgan fingerprint density at radius 2 is 2.04 bits per heavy atom. The van der Waals surface area contributed by atoms with E-state index in [4.69, 9.17) is 10.5 Å². The maximum atomic E-state index is 11.6. The van der Waals surface area contributed by atoms with Gasteiger partial charge in [0.05, 0.1) is 11.4 Å². The molecule has 4 rings (SSSR count). The van der Waals surface area contributed by atoms with Crippen LogP contribution in [0.1, 0.15) is 34.1 Å². The molecule has 1 aliphatic carbocycles. The lowest BCUT2D eigenvalue weighted by atomic mass is 9.93. The molecule has 2 aromatic heterocycles. The van der Waals surface area contributed by atoms with Crippen LogP contribution in [0.15, 0.2) is 30.5 Å². The molecule has 0 radical (unpaired) electrons. The SMILES string of the molecule is CCc1ccc(Oc2ncc3c(n2)-c2c(c(C(N)=O)nn2C)CC3)cc1. The van der Waals surface area contributed by atoms with Crippen LogP contribution in [0.2, 0.25) is 0 Å². The van der Waals surface area contributed by atoms with Gasteiger partial charge in [-0.25, -0.2) is 4.98 Å². The van der Waals surface area contributed by atoms with Crippen LogP contribution >= 0.6 is 0 Å². The predicted octanol–water partition coefficient (Wildman–Crippen LogP) is 2.43. The molecule has 0 atom stereocenters. The number of amides is 1. The highest BCUT2D eigenvalue weighted by Gasteiger charge is 2.28. The van der Waals surface area contributed by atoms with Crippen molar-refractivity contribution < 1.29 is 9.53 Å². The van der Waals surface area contributed by atoms with Crippen LogP contribution in [0.4, 0.5) is 0 Å². The van der Waals surface area contributed by atoms with E-state index in [0.29, 0.717) is 17.9 Å². The van der Waals surface area contributed by atoms with Gasteiger partial charge in [0.2, 0.25) is 0 Å². The summed E-state index contributed by atoms with van der Waals surface area (Å²) in [4.78, 5) is 20.5. The first-order valence-electron chi connectivity index (χ1n) is 8.55. The van der Waals surface area contributed by atoms with E-state index in [2.05, 4.69) is 22.0 Å². The summed E-state index contributed by atoms with van der Waals surface area (Å²) in [5, 5.41) is 4.26. The first-order chi connectivity index (χ1) is 12.6. The third-order valence-corrected chi connectivity index (χ3v) is 4.63. The third-order valence-electron chi connectivity index (χ3n) is 4.63. The number of aromatic nitrogens is 4. The zero-order chi connectivity index (χ0) is 18.3. The summed E-state index contributed by atoms with van der Waals surface area (Å²) in [6, 6.07) is 8.12. The molecule has 3 aromatic rings. The second-order valence-electron chi connectivity index (χ2n) is 6.29. The van der Waals surface area contributed by atoms with Crippen molar-refractivity contribution in [3.63, 3.8) is 0 Å². The number of aryl methyl sites for hydroxylation is 3. The van der Waals surface area contributed by atoms with Gasteiger partial charge in [0, 0.05) is 18.8 Å². The highest BCUT2D eigenvalue weighted by Crippen LogP contribution is 2.34. The van der Waals surface area contributed by atoms with Gasteiger partial charge >= 0.3 is 6.01 Å². The van der Waals surface area contributed by atoms with Crippen LogP contribution in [0.3, 0.4) is 0 Å². The van der Waals surface area contributed by atoms with Gasteiger partial charge in [-0.3, -0.25) is 9.48 Å². The van der Waals surface area contributed by atoms with Crippen molar-refractivity contribution in [1.29, 1.82) is 0 Å². The molecule has 7 heteroatoms. The van der Waals surface area contributed by atoms with Crippen LogP contribution in [0.25, 0.3) is 11.4 Å². The Balaban J connectivity index is 1.72. The Morgan fingerprint density at radius 1 is 1.27 bits per heavy atom. The van der Waals surface area contributed by atoms with E-state index < -0.39 is 5.91 Å². The number of fused-ring (bicyclic) bond motifs is 3. The van der Waals surface area contributed by atoms with E-state index in [1.807, 2.05) is 24.3 Å². The summed E-state index contributed by atoms with van der Waals surface area (Å²) in [5.74, 6) is 0.160. The fourth-order valence-corrected chi connectivity index (χ4v) is 3.28. The summed E-state index contributed by atoms with van der Waals surface area (Å²) < 4.78 is 7.46. The van der Waals surface area contributed by atoms with Crippen molar-refractivity contribution in [1.82, 2.24) is 19.7 Å². The number of benzene rings is 1. The molecule has 0 unspecified atom stereocenters. The van der Waals surface area contributed by atoms with Crippen molar-refractivity contribution in [2.24, 2.45) is 12.8 Å². The molecule has 1 aromatic carbocycles. The molecule has 0 spiro atoms. The molecule has 0 saturated carbocycles. The van der Waals surface area contributed by atoms with E-state index >= 15 is 0 Å². The van der Waals surface area contributed by atoms with Gasteiger partial charge < -0.3 is 10.5 Å². The number of nitrogens with zero attached hydrogens (tertiary/aromatic N) is 4.